The Kier molecular flexibility index (Phi) is 7.11. The number of carbonyl (C=O) groups is 1. The first kappa shape index (κ1) is 22.0. The van der Waals surface area contributed by atoms with Gasteiger partial charge in [-0.1, -0.05) is 30.0 Å². The first-order chi connectivity index (χ1) is 15.6. The Labute approximate surface area is 192 Å². The zero-order valence-electron chi connectivity index (χ0n) is 18.3. The molecule has 0 atom stereocenters. The van der Waals surface area contributed by atoms with Gasteiger partial charge in [-0.25, -0.2) is 0 Å². The van der Waals surface area contributed by atoms with Gasteiger partial charge in [0.05, 0.1) is 12.9 Å². The van der Waals surface area contributed by atoms with Crippen molar-refractivity contribution >= 4 is 34.9 Å². The summed E-state index contributed by atoms with van der Waals surface area (Å²) in [5.74, 6) is 1.75. The molecule has 1 fully saturated rings. The van der Waals surface area contributed by atoms with E-state index < -0.39 is 0 Å². The van der Waals surface area contributed by atoms with Crippen molar-refractivity contribution in [1.82, 2.24) is 10.2 Å². The lowest BCUT2D eigenvalue weighted by atomic mass is 10.2. The van der Waals surface area contributed by atoms with Crippen molar-refractivity contribution in [2.45, 2.75) is 11.9 Å². The van der Waals surface area contributed by atoms with Crippen LogP contribution in [0.5, 0.6) is 5.75 Å². The summed E-state index contributed by atoms with van der Waals surface area (Å²) in [7, 11) is 1.60. The number of nitrogens with one attached hydrogen (secondary N) is 1. The molecule has 1 aliphatic heterocycles. The third kappa shape index (κ3) is 5.70. The molecule has 1 amide bonds. The molecule has 2 aromatic carbocycles. The standard InChI is InChI=1S/C24H27N5O2S/c1-18-5-3-7-20(15-18)28-11-13-29(14-12-28)22-9-10-24(27-26-22)32-17-23(30)25-19-6-4-8-21(16-19)31-2/h3-10,15-16H,11-14,17H2,1-2H3,(H,25,30). The minimum Gasteiger partial charge on any atom is -0.497 e. The summed E-state index contributed by atoms with van der Waals surface area (Å²) in [6.07, 6.45) is 0. The van der Waals surface area contributed by atoms with Gasteiger partial charge in [-0.15, -0.1) is 10.2 Å². The first-order valence-corrected chi connectivity index (χ1v) is 11.6. The monoisotopic (exact) mass is 449 g/mol. The predicted octanol–water partition coefficient (Wildman–Crippen LogP) is 3.85. The van der Waals surface area contributed by atoms with Crippen molar-refractivity contribution in [3.8, 4) is 5.75 Å². The molecule has 0 aliphatic carbocycles. The maximum absolute atomic E-state index is 12.2. The highest BCUT2D eigenvalue weighted by molar-refractivity contribution is 7.99. The molecule has 0 radical (unpaired) electrons. The maximum atomic E-state index is 12.2. The lowest BCUT2D eigenvalue weighted by molar-refractivity contribution is -0.113. The molecule has 7 nitrogen and oxygen atoms in total. The summed E-state index contributed by atoms with van der Waals surface area (Å²) < 4.78 is 5.18. The van der Waals surface area contributed by atoms with Crippen molar-refractivity contribution in [3.05, 3.63) is 66.2 Å². The van der Waals surface area contributed by atoms with Crippen LogP contribution in [0.2, 0.25) is 0 Å². The van der Waals surface area contributed by atoms with Gasteiger partial charge in [0.15, 0.2) is 5.82 Å². The molecule has 0 unspecified atom stereocenters. The summed E-state index contributed by atoms with van der Waals surface area (Å²) in [6.45, 7) is 5.83. The van der Waals surface area contributed by atoms with Crippen molar-refractivity contribution in [1.29, 1.82) is 0 Å². The van der Waals surface area contributed by atoms with Gasteiger partial charge in [-0.2, -0.15) is 0 Å². The van der Waals surface area contributed by atoms with Gasteiger partial charge in [-0.3, -0.25) is 4.79 Å². The Hall–Kier alpha value is -3.26. The van der Waals surface area contributed by atoms with E-state index in [1.165, 1.54) is 23.0 Å². The summed E-state index contributed by atoms with van der Waals surface area (Å²) in [5.41, 5.74) is 3.26. The van der Waals surface area contributed by atoms with Crippen LogP contribution in [0.15, 0.2) is 65.7 Å². The number of thioether (sulfide) groups is 1. The average molecular weight is 450 g/mol. The van der Waals surface area contributed by atoms with E-state index in [9.17, 15) is 4.79 Å². The first-order valence-electron chi connectivity index (χ1n) is 10.6. The molecular weight excluding hydrogens is 422 g/mol. The second-order valence-corrected chi connectivity index (χ2v) is 8.61. The number of amides is 1. The lowest BCUT2D eigenvalue weighted by Gasteiger charge is -2.36. The molecule has 1 saturated heterocycles. The van der Waals surface area contributed by atoms with Crippen LogP contribution >= 0.6 is 11.8 Å². The van der Waals surface area contributed by atoms with E-state index in [1.54, 1.807) is 13.2 Å². The minimum atomic E-state index is -0.0959. The zero-order chi connectivity index (χ0) is 22.3. The number of aromatic nitrogens is 2. The quantitative estimate of drug-likeness (QED) is 0.550. The van der Waals surface area contributed by atoms with E-state index >= 15 is 0 Å². The summed E-state index contributed by atoms with van der Waals surface area (Å²) in [4.78, 5) is 16.9. The molecule has 1 aromatic heterocycles. The third-order valence-corrected chi connectivity index (χ3v) is 6.22. The molecule has 166 valence electrons. The van der Waals surface area contributed by atoms with Gasteiger partial charge in [0.1, 0.15) is 10.8 Å². The Morgan fingerprint density at radius 3 is 2.50 bits per heavy atom. The van der Waals surface area contributed by atoms with Crippen LogP contribution in [-0.4, -0.2) is 55.1 Å². The van der Waals surface area contributed by atoms with Crippen molar-refractivity contribution in [2.24, 2.45) is 0 Å². The highest BCUT2D eigenvalue weighted by Crippen LogP contribution is 2.22. The normalized spacial score (nSPS) is 13.7. The number of nitrogens with zero attached hydrogens (tertiary/aromatic N) is 4. The Morgan fingerprint density at radius 1 is 1.00 bits per heavy atom. The number of hydrogen-bond donors (Lipinski definition) is 1. The molecule has 32 heavy (non-hydrogen) atoms. The van der Waals surface area contributed by atoms with E-state index in [0.717, 1.165) is 37.0 Å². The molecule has 8 heteroatoms. The Bertz CT molecular complexity index is 1050. The van der Waals surface area contributed by atoms with Crippen molar-refractivity contribution in [2.75, 3.05) is 54.2 Å². The highest BCUT2D eigenvalue weighted by Gasteiger charge is 2.19. The molecular formula is C24H27N5O2S. The number of carbonyl (C=O) groups excluding carboxylic acids is 1. The fraction of sp³-hybridized carbons (Fsp3) is 0.292. The van der Waals surface area contributed by atoms with Crippen LogP contribution in [0.1, 0.15) is 5.56 Å². The topological polar surface area (TPSA) is 70.6 Å². The van der Waals surface area contributed by atoms with Crippen LogP contribution in [0.25, 0.3) is 0 Å². The van der Waals surface area contributed by atoms with Crippen molar-refractivity contribution < 1.29 is 9.53 Å². The Balaban J connectivity index is 1.26. The van der Waals surface area contributed by atoms with Gasteiger partial charge in [0, 0.05) is 43.6 Å². The molecule has 1 aliphatic rings. The number of methoxy groups -OCH3 is 1. The second-order valence-electron chi connectivity index (χ2n) is 7.61. The number of anilines is 3. The molecule has 1 N–H and O–H groups in total. The molecule has 0 bridgehead atoms. The molecule has 0 saturated carbocycles. The van der Waals surface area contributed by atoms with Gasteiger partial charge in [-0.05, 0) is 48.9 Å². The van der Waals surface area contributed by atoms with E-state index in [-0.39, 0.29) is 11.7 Å². The highest BCUT2D eigenvalue weighted by atomic mass is 32.2. The van der Waals surface area contributed by atoms with Crippen LogP contribution in [-0.2, 0) is 4.79 Å². The number of ether oxygens (including phenoxy) is 1. The summed E-state index contributed by atoms with van der Waals surface area (Å²) in [5, 5.41) is 12.3. The third-order valence-electron chi connectivity index (χ3n) is 5.30. The number of hydrogen-bond acceptors (Lipinski definition) is 7. The summed E-state index contributed by atoms with van der Waals surface area (Å²) >= 11 is 1.37. The van der Waals surface area contributed by atoms with E-state index in [4.69, 9.17) is 4.74 Å². The van der Waals surface area contributed by atoms with Crippen LogP contribution < -0.4 is 19.9 Å². The number of benzene rings is 2. The fourth-order valence-electron chi connectivity index (χ4n) is 3.61. The second kappa shape index (κ2) is 10.4. The zero-order valence-corrected chi connectivity index (χ0v) is 19.1. The number of rotatable bonds is 7. The molecule has 2 heterocycles. The van der Waals surface area contributed by atoms with E-state index in [0.29, 0.717) is 11.4 Å². The van der Waals surface area contributed by atoms with Gasteiger partial charge in [0.2, 0.25) is 5.91 Å². The average Bonchev–Trinajstić information content (AvgIpc) is 2.83. The number of piperazine rings is 1. The summed E-state index contributed by atoms with van der Waals surface area (Å²) in [6, 6.07) is 19.8. The number of aryl methyl sites for hydroxylation is 1. The van der Waals surface area contributed by atoms with Crippen LogP contribution in [0, 0.1) is 6.92 Å². The largest absolute Gasteiger partial charge is 0.497 e. The van der Waals surface area contributed by atoms with E-state index in [1.807, 2.05) is 30.3 Å². The minimum absolute atomic E-state index is 0.0959. The fourth-order valence-corrected chi connectivity index (χ4v) is 4.23. The van der Waals surface area contributed by atoms with Gasteiger partial charge >= 0.3 is 0 Å². The molecule has 3 aromatic rings. The van der Waals surface area contributed by atoms with Crippen LogP contribution in [0.4, 0.5) is 17.2 Å². The molecule has 4 rings (SSSR count). The van der Waals surface area contributed by atoms with E-state index in [2.05, 4.69) is 56.5 Å². The smallest absolute Gasteiger partial charge is 0.234 e. The maximum Gasteiger partial charge on any atom is 0.234 e. The predicted molar refractivity (Wildman–Crippen MR) is 130 cm³/mol. The van der Waals surface area contributed by atoms with Gasteiger partial charge in [0.25, 0.3) is 0 Å². The van der Waals surface area contributed by atoms with Crippen LogP contribution in [0.3, 0.4) is 0 Å². The Morgan fingerprint density at radius 2 is 1.78 bits per heavy atom. The lowest BCUT2D eigenvalue weighted by Crippen LogP contribution is -2.46. The van der Waals surface area contributed by atoms with Gasteiger partial charge < -0.3 is 19.9 Å². The molecule has 0 spiro atoms. The SMILES string of the molecule is COc1cccc(NC(=O)CSc2ccc(N3CCN(c4cccc(C)c4)CC3)nn2)c1. The van der Waals surface area contributed by atoms with Crippen molar-refractivity contribution in [3.63, 3.8) is 0 Å².